The predicted molar refractivity (Wildman–Crippen MR) is 121 cm³/mol. The third kappa shape index (κ3) is 6.94. The molecule has 2 amide bonds. The van der Waals surface area contributed by atoms with Crippen LogP contribution in [-0.2, 0) is 11.3 Å². The molecule has 1 aromatic carbocycles. The number of carbonyl (C=O) groups is 2. The van der Waals surface area contributed by atoms with E-state index in [0.717, 1.165) is 11.3 Å². The molecule has 168 valence electrons. The zero-order chi connectivity index (χ0) is 23.0. The topological polar surface area (TPSA) is 89.4 Å². The van der Waals surface area contributed by atoms with Crippen LogP contribution in [0.5, 0.6) is 0 Å². The van der Waals surface area contributed by atoms with Gasteiger partial charge in [0.2, 0.25) is 0 Å². The van der Waals surface area contributed by atoms with Crippen LogP contribution in [0.3, 0.4) is 0 Å². The number of nitrogens with zero attached hydrogens (tertiary/aromatic N) is 4. The molecule has 1 N–H and O–H groups in total. The Morgan fingerprint density at radius 3 is 2.56 bits per heavy atom. The molecule has 3 aromatic rings. The molecule has 8 nitrogen and oxygen atoms in total. The highest BCUT2D eigenvalue weighted by Crippen LogP contribution is 2.13. The summed E-state index contributed by atoms with van der Waals surface area (Å²) >= 11 is 0. The Morgan fingerprint density at radius 1 is 1.09 bits per heavy atom. The zero-order valence-corrected chi connectivity index (χ0v) is 18.7. The molecule has 0 spiro atoms. The first-order chi connectivity index (χ1) is 15.3. The Hall–Kier alpha value is -3.68. The van der Waals surface area contributed by atoms with Gasteiger partial charge in [-0.3, -0.25) is 9.78 Å². The van der Waals surface area contributed by atoms with Gasteiger partial charge in [0, 0.05) is 31.7 Å². The minimum atomic E-state index is -0.587. The molecule has 0 saturated carbocycles. The van der Waals surface area contributed by atoms with Crippen molar-refractivity contribution in [2.75, 3.05) is 13.1 Å². The third-order valence-corrected chi connectivity index (χ3v) is 4.48. The van der Waals surface area contributed by atoms with Crippen molar-refractivity contribution in [2.45, 2.75) is 39.3 Å². The Kier molecular flexibility index (Phi) is 7.59. The van der Waals surface area contributed by atoms with Gasteiger partial charge in [0.1, 0.15) is 5.60 Å². The first kappa shape index (κ1) is 23.0. The molecule has 0 aliphatic rings. The first-order valence-electron chi connectivity index (χ1n) is 10.6. The lowest BCUT2D eigenvalue weighted by Gasteiger charge is -2.27. The molecule has 0 bridgehead atoms. The molecule has 0 aliphatic carbocycles. The van der Waals surface area contributed by atoms with Crippen molar-refractivity contribution in [3.8, 4) is 5.69 Å². The number of pyridine rings is 1. The van der Waals surface area contributed by atoms with Gasteiger partial charge in [-0.05, 0) is 57.0 Å². The number of rotatable bonds is 8. The van der Waals surface area contributed by atoms with E-state index in [2.05, 4.69) is 15.4 Å². The predicted octanol–water partition coefficient (Wildman–Crippen LogP) is 3.82. The standard InChI is InChI=1S/C24H29N5O3/c1-24(2,3)32-23(31)28(18-19-9-7-13-25-17-19)15-8-14-26-22(30)21-12-16-29(27-21)20-10-5-4-6-11-20/h4-7,9-13,16-17H,8,14-15,18H2,1-3H3,(H,26,30). The van der Waals surface area contributed by atoms with Gasteiger partial charge < -0.3 is 15.0 Å². The van der Waals surface area contributed by atoms with E-state index >= 15 is 0 Å². The van der Waals surface area contributed by atoms with E-state index in [9.17, 15) is 9.59 Å². The smallest absolute Gasteiger partial charge is 0.410 e. The van der Waals surface area contributed by atoms with Crippen molar-refractivity contribution in [3.05, 3.63) is 78.4 Å². The Balaban J connectivity index is 1.53. The Labute approximate surface area is 188 Å². The molecule has 8 heteroatoms. The largest absolute Gasteiger partial charge is 0.444 e. The van der Waals surface area contributed by atoms with Gasteiger partial charge in [-0.15, -0.1) is 0 Å². The lowest BCUT2D eigenvalue weighted by molar-refractivity contribution is 0.0232. The summed E-state index contributed by atoms with van der Waals surface area (Å²) in [7, 11) is 0. The van der Waals surface area contributed by atoms with Crippen LogP contribution in [0, 0.1) is 0 Å². The second-order valence-electron chi connectivity index (χ2n) is 8.35. The quantitative estimate of drug-likeness (QED) is 0.543. The van der Waals surface area contributed by atoms with E-state index in [4.69, 9.17) is 4.74 Å². The van der Waals surface area contributed by atoms with Crippen molar-refractivity contribution in [2.24, 2.45) is 0 Å². The minimum absolute atomic E-state index is 0.254. The number of benzene rings is 1. The maximum Gasteiger partial charge on any atom is 0.410 e. The molecule has 0 radical (unpaired) electrons. The minimum Gasteiger partial charge on any atom is -0.444 e. The van der Waals surface area contributed by atoms with Crippen LogP contribution in [0.4, 0.5) is 4.79 Å². The van der Waals surface area contributed by atoms with Crippen molar-refractivity contribution < 1.29 is 14.3 Å². The normalized spacial score (nSPS) is 11.1. The van der Waals surface area contributed by atoms with Gasteiger partial charge in [0.25, 0.3) is 5.91 Å². The lowest BCUT2D eigenvalue weighted by atomic mass is 10.2. The summed E-state index contributed by atoms with van der Waals surface area (Å²) in [6.07, 6.45) is 5.35. The second-order valence-corrected chi connectivity index (χ2v) is 8.35. The van der Waals surface area contributed by atoms with Crippen molar-refractivity contribution in [1.82, 2.24) is 25.0 Å². The monoisotopic (exact) mass is 435 g/mol. The van der Waals surface area contributed by atoms with Crippen molar-refractivity contribution in [3.63, 3.8) is 0 Å². The van der Waals surface area contributed by atoms with E-state index in [0.29, 0.717) is 31.7 Å². The number of carbonyl (C=O) groups excluding carboxylic acids is 2. The molecule has 0 aliphatic heterocycles. The number of amides is 2. The van der Waals surface area contributed by atoms with Gasteiger partial charge in [0.05, 0.1) is 12.2 Å². The van der Waals surface area contributed by atoms with Crippen LogP contribution in [0.25, 0.3) is 5.69 Å². The maximum absolute atomic E-state index is 12.6. The SMILES string of the molecule is CC(C)(C)OC(=O)N(CCCNC(=O)c1ccn(-c2ccccc2)n1)Cc1cccnc1. The summed E-state index contributed by atoms with van der Waals surface area (Å²) in [5, 5.41) is 7.20. The van der Waals surface area contributed by atoms with Crippen LogP contribution in [0.2, 0.25) is 0 Å². The molecular weight excluding hydrogens is 406 g/mol. The molecule has 0 unspecified atom stereocenters. The molecular formula is C24H29N5O3. The fourth-order valence-electron chi connectivity index (χ4n) is 3.01. The van der Waals surface area contributed by atoms with Crippen LogP contribution in [0.1, 0.15) is 43.2 Å². The summed E-state index contributed by atoms with van der Waals surface area (Å²) < 4.78 is 7.19. The summed E-state index contributed by atoms with van der Waals surface area (Å²) in [5.41, 5.74) is 1.55. The fraction of sp³-hybridized carbons (Fsp3) is 0.333. The molecule has 0 atom stereocenters. The molecule has 3 rings (SSSR count). The highest BCUT2D eigenvalue weighted by atomic mass is 16.6. The Morgan fingerprint density at radius 2 is 1.88 bits per heavy atom. The average molecular weight is 436 g/mol. The molecule has 32 heavy (non-hydrogen) atoms. The van der Waals surface area contributed by atoms with Crippen LogP contribution in [0.15, 0.2) is 67.1 Å². The van der Waals surface area contributed by atoms with Crippen molar-refractivity contribution in [1.29, 1.82) is 0 Å². The van der Waals surface area contributed by atoms with Gasteiger partial charge in [-0.2, -0.15) is 5.10 Å². The number of para-hydroxylation sites is 1. The molecule has 2 heterocycles. The average Bonchev–Trinajstić information content (AvgIpc) is 3.26. The van der Waals surface area contributed by atoms with Crippen LogP contribution < -0.4 is 5.32 Å². The molecule has 2 aromatic heterocycles. The fourth-order valence-corrected chi connectivity index (χ4v) is 3.01. The third-order valence-electron chi connectivity index (χ3n) is 4.48. The van der Waals surface area contributed by atoms with Crippen LogP contribution >= 0.6 is 0 Å². The van der Waals surface area contributed by atoms with E-state index in [1.54, 1.807) is 34.2 Å². The van der Waals surface area contributed by atoms with Crippen LogP contribution in [-0.4, -0.2) is 50.4 Å². The number of nitrogens with one attached hydrogen (secondary N) is 1. The summed E-state index contributed by atoms with van der Waals surface area (Å²) in [4.78, 5) is 30.8. The number of aromatic nitrogens is 3. The van der Waals surface area contributed by atoms with E-state index < -0.39 is 11.7 Å². The second kappa shape index (κ2) is 10.6. The van der Waals surface area contributed by atoms with E-state index in [-0.39, 0.29) is 5.91 Å². The molecule has 0 fully saturated rings. The molecule has 0 saturated heterocycles. The highest BCUT2D eigenvalue weighted by molar-refractivity contribution is 5.92. The summed E-state index contributed by atoms with van der Waals surface area (Å²) in [6.45, 7) is 6.73. The first-order valence-corrected chi connectivity index (χ1v) is 10.6. The number of hydrogen-bond acceptors (Lipinski definition) is 5. The summed E-state index contributed by atoms with van der Waals surface area (Å²) in [5.74, 6) is -0.254. The van der Waals surface area contributed by atoms with Gasteiger partial charge in [-0.1, -0.05) is 24.3 Å². The zero-order valence-electron chi connectivity index (χ0n) is 18.7. The summed E-state index contributed by atoms with van der Waals surface area (Å²) in [6, 6.07) is 15.0. The van der Waals surface area contributed by atoms with Gasteiger partial charge in [-0.25, -0.2) is 9.48 Å². The van der Waals surface area contributed by atoms with E-state index in [1.165, 1.54) is 0 Å². The number of hydrogen-bond donors (Lipinski definition) is 1. The van der Waals surface area contributed by atoms with Crippen molar-refractivity contribution >= 4 is 12.0 Å². The van der Waals surface area contributed by atoms with E-state index in [1.807, 2.05) is 63.2 Å². The lowest BCUT2D eigenvalue weighted by Crippen LogP contribution is -2.38. The maximum atomic E-state index is 12.6. The Bertz CT molecular complexity index is 1010. The number of ether oxygens (including phenoxy) is 1. The van der Waals surface area contributed by atoms with Gasteiger partial charge in [0.15, 0.2) is 5.69 Å². The van der Waals surface area contributed by atoms with Gasteiger partial charge >= 0.3 is 6.09 Å². The highest BCUT2D eigenvalue weighted by Gasteiger charge is 2.22.